The lowest BCUT2D eigenvalue weighted by Gasteiger charge is -2.39. The fourth-order valence-electron chi connectivity index (χ4n) is 2.11. The van der Waals surface area contributed by atoms with E-state index in [1.165, 1.54) is 12.1 Å². The number of nitrogen functional groups attached to an aromatic ring is 1. The molecule has 1 aromatic carbocycles. The predicted octanol–water partition coefficient (Wildman–Crippen LogP) is 2.68. The summed E-state index contributed by atoms with van der Waals surface area (Å²) in [7, 11) is 0. The highest BCUT2D eigenvalue weighted by Gasteiger charge is 2.47. The van der Waals surface area contributed by atoms with E-state index in [1.807, 2.05) is 0 Å². The van der Waals surface area contributed by atoms with Gasteiger partial charge in [-0.2, -0.15) is 0 Å². The smallest absolute Gasteiger partial charge is 0.314 e. The zero-order valence-corrected chi connectivity index (χ0v) is 10.1. The van der Waals surface area contributed by atoms with Crippen molar-refractivity contribution in [2.75, 3.05) is 5.73 Å². The van der Waals surface area contributed by atoms with Crippen molar-refractivity contribution in [1.29, 1.82) is 0 Å². The van der Waals surface area contributed by atoms with Gasteiger partial charge in [0.2, 0.25) is 0 Å². The van der Waals surface area contributed by atoms with Crippen LogP contribution in [0.25, 0.3) is 0 Å². The van der Waals surface area contributed by atoms with Crippen molar-refractivity contribution < 1.29 is 14.3 Å². The number of carboxylic acid groups (broad SMARTS) is 1. The van der Waals surface area contributed by atoms with Crippen LogP contribution in [0.1, 0.15) is 24.8 Å². The first-order valence-corrected chi connectivity index (χ1v) is 5.75. The molecule has 0 saturated heterocycles. The summed E-state index contributed by atoms with van der Waals surface area (Å²) in [5.74, 6) is -1.40. The molecule has 5 heteroatoms. The average Bonchev–Trinajstić information content (AvgIpc) is 2.10. The van der Waals surface area contributed by atoms with E-state index in [2.05, 4.69) is 15.9 Å². The van der Waals surface area contributed by atoms with Crippen LogP contribution in [0.15, 0.2) is 16.6 Å². The lowest BCUT2D eigenvalue weighted by atomic mass is 9.64. The summed E-state index contributed by atoms with van der Waals surface area (Å²) in [6.07, 6.45) is 1.87. The maximum Gasteiger partial charge on any atom is 0.314 e. The number of nitrogens with two attached hydrogens (primary N) is 1. The van der Waals surface area contributed by atoms with Gasteiger partial charge < -0.3 is 10.8 Å². The van der Waals surface area contributed by atoms with Crippen LogP contribution in [-0.2, 0) is 10.2 Å². The van der Waals surface area contributed by atoms with Crippen molar-refractivity contribution in [3.63, 3.8) is 0 Å². The Kier molecular flexibility index (Phi) is 2.66. The molecular formula is C11H11BrFNO2. The lowest BCUT2D eigenvalue weighted by Crippen LogP contribution is -2.43. The normalized spacial score (nSPS) is 17.9. The van der Waals surface area contributed by atoms with Crippen molar-refractivity contribution in [3.05, 3.63) is 28.0 Å². The summed E-state index contributed by atoms with van der Waals surface area (Å²) in [5, 5.41) is 9.25. The van der Waals surface area contributed by atoms with Gasteiger partial charge in [-0.25, -0.2) is 4.39 Å². The Hall–Kier alpha value is -1.10. The molecular weight excluding hydrogens is 277 g/mol. The number of benzene rings is 1. The average molecular weight is 288 g/mol. The van der Waals surface area contributed by atoms with Gasteiger partial charge in [0.1, 0.15) is 5.82 Å². The summed E-state index contributed by atoms with van der Waals surface area (Å²) in [6, 6.07) is 2.47. The Morgan fingerprint density at radius 1 is 1.50 bits per heavy atom. The molecule has 1 aliphatic rings. The van der Waals surface area contributed by atoms with Crippen LogP contribution in [0.4, 0.5) is 10.1 Å². The molecule has 0 aliphatic heterocycles. The third-order valence-electron chi connectivity index (χ3n) is 3.23. The van der Waals surface area contributed by atoms with Gasteiger partial charge in [-0.1, -0.05) is 6.42 Å². The van der Waals surface area contributed by atoms with Gasteiger partial charge in [-0.15, -0.1) is 0 Å². The monoisotopic (exact) mass is 287 g/mol. The Morgan fingerprint density at radius 3 is 2.56 bits per heavy atom. The number of carboxylic acids is 1. The molecule has 86 valence electrons. The first-order chi connectivity index (χ1) is 7.47. The molecule has 0 unspecified atom stereocenters. The zero-order chi connectivity index (χ0) is 11.9. The van der Waals surface area contributed by atoms with Gasteiger partial charge in [-0.05, 0) is 46.5 Å². The van der Waals surface area contributed by atoms with Gasteiger partial charge in [0, 0.05) is 4.47 Å². The Morgan fingerprint density at radius 2 is 2.12 bits per heavy atom. The van der Waals surface area contributed by atoms with E-state index < -0.39 is 17.2 Å². The zero-order valence-electron chi connectivity index (χ0n) is 8.46. The highest BCUT2D eigenvalue weighted by molar-refractivity contribution is 9.10. The molecule has 3 nitrogen and oxygen atoms in total. The third-order valence-corrected chi connectivity index (χ3v) is 3.88. The largest absolute Gasteiger partial charge is 0.481 e. The molecule has 0 radical (unpaired) electrons. The fourth-order valence-corrected chi connectivity index (χ4v) is 2.54. The van der Waals surface area contributed by atoms with E-state index >= 15 is 0 Å². The number of hydrogen-bond acceptors (Lipinski definition) is 2. The summed E-state index contributed by atoms with van der Waals surface area (Å²) in [6.45, 7) is 0. The predicted molar refractivity (Wildman–Crippen MR) is 61.7 cm³/mol. The molecule has 0 aromatic heterocycles. The number of hydrogen-bond donors (Lipinski definition) is 2. The van der Waals surface area contributed by atoms with E-state index in [4.69, 9.17) is 5.73 Å². The second kappa shape index (κ2) is 3.73. The van der Waals surface area contributed by atoms with Crippen LogP contribution in [0.3, 0.4) is 0 Å². The van der Waals surface area contributed by atoms with Crippen molar-refractivity contribution >= 4 is 27.6 Å². The quantitative estimate of drug-likeness (QED) is 0.822. The minimum Gasteiger partial charge on any atom is -0.481 e. The van der Waals surface area contributed by atoms with E-state index in [1.54, 1.807) is 0 Å². The number of carbonyl (C=O) groups is 1. The molecule has 1 aromatic rings. The molecule has 2 rings (SSSR count). The third kappa shape index (κ3) is 1.50. The van der Waals surface area contributed by atoms with Gasteiger partial charge in [0.05, 0.1) is 11.1 Å². The molecule has 1 fully saturated rings. The van der Waals surface area contributed by atoms with E-state index in [9.17, 15) is 14.3 Å². The molecule has 0 bridgehead atoms. The number of anilines is 1. The van der Waals surface area contributed by atoms with Crippen molar-refractivity contribution in [3.8, 4) is 0 Å². The summed E-state index contributed by atoms with van der Waals surface area (Å²) < 4.78 is 13.7. The van der Waals surface area contributed by atoms with Gasteiger partial charge >= 0.3 is 5.97 Å². The lowest BCUT2D eigenvalue weighted by molar-refractivity contribution is -0.147. The molecule has 16 heavy (non-hydrogen) atoms. The molecule has 1 saturated carbocycles. The summed E-state index contributed by atoms with van der Waals surface area (Å²) in [4.78, 5) is 11.3. The second-order valence-corrected chi connectivity index (χ2v) is 4.94. The molecule has 0 heterocycles. The van der Waals surface area contributed by atoms with Crippen LogP contribution in [-0.4, -0.2) is 11.1 Å². The van der Waals surface area contributed by atoms with Gasteiger partial charge in [0.25, 0.3) is 0 Å². The van der Waals surface area contributed by atoms with E-state index in [0.29, 0.717) is 28.6 Å². The van der Waals surface area contributed by atoms with Crippen LogP contribution in [0, 0.1) is 5.82 Å². The number of halogens is 2. The van der Waals surface area contributed by atoms with Crippen molar-refractivity contribution in [2.24, 2.45) is 0 Å². The van der Waals surface area contributed by atoms with Gasteiger partial charge in [0.15, 0.2) is 0 Å². The number of rotatable bonds is 2. The Labute approximate surface area is 101 Å². The fraction of sp³-hybridized carbons (Fsp3) is 0.364. The van der Waals surface area contributed by atoms with Crippen molar-refractivity contribution in [1.82, 2.24) is 0 Å². The molecule has 3 N–H and O–H groups in total. The highest BCUT2D eigenvalue weighted by Crippen LogP contribution is 2.47. The minimum absolute atomic E-state index is 0.323. The van der Waals surface area contributed by atoms with E-state index in [0.717, 1.165) is 6.42 Å². The van der Waals surface area contributed by atoms with Crippen LogP contribution in [0.5, 0.6) is 0 Å². The SMILES string of the molecule is Nc1c(Br)cc(F)cc1C1(C(=O)O)CCC1. The second-order valence-electron chi connectivity index (χ2n) is 4.09. The highest BCUT2D eigenvalue weighted by atomic mass is 79.9. The standard InChI is InChI=1S/C11H11BrFNO2/c12-8-5-6(13)4-7(9(8)14)11(10(15)16)2-1-3-11/h4-5H,1-3,14H2,(H,15,16). The van der Waals surface area contributed by atoms with Crippen LogP contribution >= 0.6 is 15.9 Å². The Balaban J connectivity index is 2.59. The van der Waals surface area contributed by atoms with Crippen molar-refractivity contribution in [2.45, 2.75) is 24.7 Å². The molecule has 1 aliphatic carbocycles. The van der Waals surface area contributed by atoms with Crippen LogP contribution in [0.2, 0.25) is 0 Å². The molecule has 0 atom stereocenters. The number of aliphatic carboxylic acids is 1. The molecule has 0 amide bonds. The maximum atomic E-state index is 13.3. The molecule has 0 spiro atoms. The van der Waals surface area contributed by atoms with Crippen LogP contribution < -0.4 is 5.73 Å². The Bertz CT molecular complexity index is 458. The first kappa shape index (κ1) is 11.4. The topological polar surface area (TPSA) is 63.3 Å². The summed E-state index contributed by atoms with van der Waals surface area (Å²) in [5.41, 5.74) is 5.53. The van der Waals surface area contributed by atoms with Gasteiger partial charge in [-0.3, -0.25) is 4.79 Å². The summed E-state index contributed by atoms with van der Waals surface area (Å²) >= 11 is 3.13. The minimum atomic E-state index is -0.991. The van der Waals surface area contributed by atoms with E-state index in [-0.39, 0.29) is 0 Å². The maximum absolute atomic E-state index is 13.3. The first-order valence-electron chi connectivity index (χ1n) is 4.96.